The SMILES string of the molecule is Cc1ccc(N2C(C#N)=CN(C)[C@@H]2C)c(C)c1. The van der Waals surface area contributed by atoms with E-state index in [0.717, 1.165) is 5.69 Å². The van der Waals surface area contributed by atoms with Gasteiger partial charge in [0.25, 0.3) is 0 Å². The minimum atomic E-state index is 0.186. The summed E-state index contributed by atoms with van der Waals surface area (Å²) in [4.78, 5) is 4.13. The average molecular weight is 227 g/mol. The van der Waals surface area contributed by atoms with Crippen LogP contribution in [0.5, 0.6) is 0 Å². The second-order valence-electron chi connectivity index (χ2n) is 4.58. The van der Waals surface area contributed by atoms with Crippen molar-refractivity contribution in [2.24, 2.45) is 0 Å². The van der Waals surface area contributed by atoms with Crippen LogP contribution in [0.25, 0.3) is 0 Å². The number of nitriles is 1. The van der Waals surface area contributed by atoms with Crippen molar-refractivity contribution in [1.82, 2.24) is 4.90 Å². The van der Waals surface area contributed by atoms with Crippen molar-refractivity contribution < 1.29 is 0 Å². The molecule has 0 spiro atoms. The number of anilines is 1. The predicted octanol–water partition coefficient (Wildman–Crippen LogP) is 2.77. The summed E-state index contributed by atoms with van der Waals surface area (Å²) in [7, 11) is 1.99. The third-order valence-corrected chi connectivity index (χ3v) is 3.27. The lowest BCUT2D eigenvalue weighted by Gasteiger charge is -2.29. The normalized spacial score (nSPS) is 19.2. The van der Waals surface area contributed by atoms with Gasteiger partial charge in [-0.15, -0.1) is 0 Å². The van der Waals surface area contributed by atoms with Crippen LogP contribution in [0.1, 0.15) is 18.1 Å². The Hall–Kier alpha value is -1.95. The Morgan fingerprint density at radius 2 is 2.00 bits per heavy atom. The number of rotatable bonds is 1. The first-order valence-corrected chi connectivity index (χ1v) is 5.75. The highest BCUT2D eigenvalue weighted by atomic mass is 15.4. The van der Waals surface area contributed by atoms with E-state index < -0.39 is 0 Å². The summed E-state index contributed by atoms with van der Waals surface area (Å²) < 4.78 is 0. The molecule has 0 N–H and O–H groups in total. The van der Waals surface area contributed by atoms with Crippen LogP contribution >= 0.6 is 0 Å². The molecule has 2 rings (SSSR count). The molecule has 3 heteroatoms. The molecular weight excluding hydrogens is 210 g/mol. The molecule has 0 fully saturated rings. The largest absolute Gasteiger partial charge is 0.358 e. The maximum Gasteiger partial charge on any atom is 0.138 e. The highest BCUT2D eigenvalue weighted by Crippen LogP contribution is 2.31. The number of allylic oxidation sites excluding steroid dienone is 1. The molecule has 1 aromatic carbocycles. The van der Waals surface area contributed by atoms with Crippen LogP contribution in [0.2, 0.25) is 0 Å². The molecule has 0 radical (unpaired) electrons. The van der Waals surface area contributed by atoms with Gasteiger partial charge in [-0.2, -0.15) is 5.26 Å². The van der Waals surface area contributed by atoms with Crippen LogP contribution in [0.3, 0.4) is 0 Å². The summed E-state index contributed by atoms with van der Waals surface area (Å²) in [5.41, 5.74) is 4.26. The molecule has 0 saturated carbocycles. The molecule has 1 aliphatic rings. The van der Waals surface area contributed by atoms with E-state index in [1.807, 2.05) is 13.2 Å². The highest BCUT2D eigenvalue weighted by Gasteiger charge is 2.28. The first-order chi connectivity index (χ1) is 8.04. The van der Waals surface area contributed by atoms with E-state index in [0.29, 0.717) is 5.70 Å². The number of hydrogen-bond acceptors (Lipinski definition) is 3. The van der Waals surface area contributed by atoms with Crippen LogP contribution in [-0.4, -0.2) is 18.1 Å². The Balaban J connectivity index is 2.47. The monoisotopic (exact) mass is 227 g/mol. The summed E-state index contributed by atoms with van der Waals surface area (Å²) in [6.07, 6.45) is 2.08. The van der Waals surface area contributed by atoms with E-state index in [9.17, 15) is 5.26 Å². The van der Waals surface area contributed by atoms with Gasteiger partial charge in [0.1, 0.15) is 17.9 Å². The molecule has 3 nitrogen and oxygen atoms in total. The van der Waals surface area contributed by atoms with Crippen molar-refractivity contribution >= 4 is 5.69 Å². The molecule has 0 aliphatic carbocycles. The van der Waals surface area contributed by atoms with Crippen molar-refractivity contribution in [3.8, 4) is 6.07 Å². The Labute approximate surface area is 103 Å². The number of nitrogens with zero attached hydrogens (tertiary/aromatic N) is 3. The zero-order valence-electron chi connectivity index (χ0n) is 10.7. The van der Waals surface area contributed by atoms with Gasteiger partial charge in [0, 0.05) is 18.9 Å². The van der Waals surface area contributed by atoms with E-state index in [-0.39, 0.29) is 6.17 Å². The molecular formula is C14H17N3. The maximum absolute atomic E-state index is 9.19. The molecule has 1 heterocycles. The highest BCUT2D eigenvalue weighted by molar-refractivity contribution is 5.63. The second-order valence-corrected chi connectivity index (χ2v) is 4.58. The lowest BCUT2D eigenvalue weighted by Crippen LogP contribution is -2.35. The van der Waals surface area contributed by atoms with Gasteiger partial charge in [-0.3, -0.25) is 0 Å². The smallest absolute Gasteiger partial charge is 0.138 e. The summed E-state index contributed by atoms with van der Waals surface area (Å²) >= 11 is 0. The van der Waals surface area contributed by atoms with Gasteiger partial charge in [0.05, 0.1) is 0 Å². The van der Waals surface area contributed by atoms with E-state index in [4.69, 9.17) is 0 Å². The average Bonchev–Trinajstić information content (AvgIpc) is 2.56. The van der Waals surface area contributed by atoms with Crippen LogP contribution in [-0.2, 0) is 0 Å². The van der Waals surface area contributed by atoms with Gasteiger partial charge in [-0.1, -0.05) is 17.7 Å². The van der Waals surface area contributed by atoms with E-state index in [1.54, 1.807) is 0 Å². The van der Waals surface area contributed by atoms with Gasteiger partial charge in [0.15, 0.2) is 0 Å². The van der Waals surface area contributed by atoms with Gasteiger partial charge in [-0.25, -0.2) is 0 Å². The summed E-state index contributed by atoms with van der Waals surface area (Å²) in [6.45, 7) is 6.26. The summed E-state index contributed by atoms with van der Waals surface area (Å²) in [5.74, 6) is 0. The number of hydrogen-bond donors (Lipinski definition) is 0. The van der Waals surface area contributed by atoms with Crippen molar-refractivity contribution in [3.05, 3.63) is 41.2 Å². The van der Waals surface area contributed by atoms with Gasteiger partial charge >= 0.3 is 0 Å². The van der Waals surface area contributed by atoms with Crippen molar-refractivity contribution in [2.75, 3.05) is 11.9 Å². The van der Waals surface area contributed by atoms with Crippen molar-refractivity contribution in [3.63, 3.8) is 0 Å². The molecule has 0 amide bonds. The molecule has 88 valence electrons. The Kier molecular flexibility index (Phi) is 2.81. The van der Waals surface area contributed by atoms with E-state index >= 15 is 0 Å². The van der Waals surface area contributed by atoms with Crippen LogP contribution in [0.4, 0.5) is 5.69 Å². The van der Waals surface area contributed by atoms with Gasteiger partial charge in [-0.05, 0) is 32.4 Å². The van der Waals surface area contributed by atoms with E-state index in [1.165, 1.54) is 11.1 Å². The number of aryl methyl sites for hydroxylation is 2. The zero-order valence-corrected chi connectivity index (χ0v) is 10.7. The molecule has 1 aromatic rings. The first-order valence-electron chi connectivity index (χ1n) is 5.75. The lowest BCUT2D eigenvalue weighted by molar-refractivity contribution is 0.382. The Bertz CT molecular complexity index is 511. The minimum absolute atomic E-state index is 0.186. The third-order valence-electron chi connectivity index (χ3n) is 3.27. The summed E-state index contributed by atoms with van der Waals surface area (Å²) in [6, 6.07) is 8.58. The molecule has 0 aromatic heterocycles. The van der Waals surface area contributed by atoms with E-state index in [2.05, 4.69) is 54.8 Å². The molecule has 0 unspecified atom stereocenters. The van der Waals surface area contributed by atoms with Crippen LogP contribution in [0.15, 0.2) is 30.1 Å². The van der Waals surface area contributed by atoms with Gasteiger partial charge in [0.2, 0.25) is 0 Å². The zero-order chi connectivity index (χ0) is 12.6. The summed E-state index contributed by atoms with van der Waals surface area (Å²) in [5, 5.41) is 9.19. The fourth-order valence-electron chi connectivity index (χ4n) is 2.24. The fourth-order valence-corrected chi connectivity index (χ4v) is 2.24. The van der Waals surface area contributed by atoms with Crippen LogP contribution in [0, 0.1) is 25.2 Å². The molecule has 0 saturated heterocycles. The molecule has 17 heavy (non-hydrogen) atoms. The van der Waals surface area contributed by atoms with Crippen LogP contribution < -0.4 is 4.90 Å². The van der Waals surface area contributed by atoms with Crippen molar-refractivity contribution in [2.45, 2.75) is 26.9 Å². The topological polar surface area (TPSA) is 30.3 Å². The molecule has 0 bridgehead atoms. The standard InChI is InChI=1S/C14H17N3/c1-10-5-6-14(11(2)7-10)17-12(3)16(4)9-13(17)8-15/h5-7,9,12H,1-4H3/t12-/m0/s1. The Morgan fingerprint density at radius 1 is 1.29 bits per heavy atom. The number of benzene rings is 1. The second kappa shape index (κ2) is 4.14. The fraction of sp³-hybridized carbons (Fsp3) is 0.357. The quantitative estimate of drug-likeness (QED) is 0.739. The predicted molar refractivity (Wildman–Crippen MR) is 69.3 cm³/mol. The Morgan fingerprint density at radius 3 is 2.59 bits per heavy atom. The van der Waals surface area contributed by atoms with Gasteiger partial charge < -0.3 is 9.80 Å². The minimum Gasteiger partial charge on any atom is -0.358 e. The van der Waals surface area contributed by atoms with Crippen molar-refractivity contribution in [1.29, 1.82) is 5.26 Å². The third kappa shape index (κ3) is 1.87. The first kappa shape index (κ1) is 11.5. The molecule has 1 atom stereocenters. The molecule has 1 aliphatic heterocycles. The lowest BCUT2D eigenvalue weighted by atomic mass is 10.1. The maximum atomic E-state index is 9.19.